The lowest BCUT2D eigenvalue weighted by molar-refractivity contribution is -0.170. The molecule has 0 aromatic heterocycles. The number of ketones is 1. The van der Waals surface area contributed by atoms with Crippen LogP contribution in [0.1, 0.15) is 59.4 Å². The first-order valence-electron chi connectivity index (χ1n) is 11.6. The Hall–Kier alpha value is -2.95. The normalized spacial score (nSPS) is 21.7. The number of hydrogen-bond donors (Lipinski definition) is 0. The molecule has 1 saturated carbocycles. The Morgan fingerprint density at radius 3 is 1.71 bits per heavy atom. The monoisotopic (exact) mass is 464 g/mol. The highest BCUT2D eigenvalue weighted by atomic mass is 16.5. The van der Waals surface area contributed by atoms with Crippen LogP contribution in [0.3, 0.4) is 0 Å². The summed E-state index contributed by atoms with van der Waals surface area (Å²) in [5.41, 5.74) is -0.769. The molecule has 3 rings (SSSR count). The predicted molar refractivity (Wildman–Crippen MR) is 132 cm³/mol. The molecule has 0 bridgehead atoms. The van der Waals surface area contributed by atoms with E-state index in [0.29, 0.717) is 16.7 Å². The van der Waals surface area contributed by atoms with Crippen molar-refractivity contribution in [1.82, 2.24) is 0 Å². The number of Topliss-reactive ketones (excluding diaryl/α,β-unsaturated/α-hetero) is 1. The van der Waals surface area contributed by atoms with Crippen molar-refractivity contribution in [3.8, 4) is 0 Å². The highest BCUT2D eigenvalue weighted by molar-refractivity contribution is 6.12. The van der Waals surface area contributed by atoms with E-state index in [9.17, 15) is 14.4 Å². The zero-order chi connectivity index (χ0) is 25.7. The average Bonchev–Trinajstić information content (AvgIpc) is 3.02. The second kappa shape index (κ2) is 8.37. The fourth-order valence-electron chi connectivity index (χ4n) is 5.52. The second-order valence-corrected chi connectivity index (χ2v) is 11.5. The zero-order valence-electron chi connectivity index (χ0n) is 21.6. The molecular weight excluding hydrogens is 428 g/mol. The Balaban J connectivity index is 2.51. The number of allylic oxidation sites excluding steroid dienone is 5. The highest BCUT2D eigenvalue weighted by Gasteiger charge is 2.68. The number of methoxy groups -OCH3 is 2. The Morgan fingerprint density at radius 2 is 1.32 bits per heavy atom. The van der Waals surface area contributed by atoms with Gasteiger partial charge < -0.3 is 9.47 Å². The third kappa shape index (κ3) is 3.75. The van der Waals surface area contributed by atoms with E-state index in [2.05, 4.69) is 6.58 Å². The van der Waals surface area contributed by atoms with Gasteiger partial charge in [-0.15, -0.1) is 0 Å². The molecule has 0 saturated heterocycles. The number of carbonyl (C=O) groups excluding carboxylic acids is 3. The zero-order valence-corrected chi connectivity index (χ0v) is 21.6. The lowest BCUT2D eigenvalue weighted by Gasteiger charge is -2.43. The summed E-state index contributed by atoms with van der Waals surface area (Å²) in [5.74, 6) is -2.05. The van der Waals surface area contributed by atoms with Crippen molar-refractivity contribution in [2.24, 2.45) is 21.7 Å². The second-order valence-electron chi connectivity index (χ2n) is 11.5. The molecule has 2 aliphatic carbocycles. The van der Waals surface area contributed by atoms with E-state index in [1.807, 2.05) is 84.0 Å². The summed E-state index contributed by atoms with van der Waals surface area (Å²) >= 11 is 0. The van der Waals surface area contributed by atoms with Gasteiger partial charge in [0.05, 0.1) is 14.2 Å². The third-order valence-electron chi connectivity index (χ3n) is 7.18. The van der Waals surface area contributed by atoms with Crippen LogP contribution in [0.25, 0.3) is 0 Å². The Morgan fingerprint density at radius 1 is 0.882 bits per heavy atom. The summed E-state index contributed by atoms with van der Waals surface area (Å²) in [6.07, 6.45) is 3.94. The van der Waals surface area contributed by atoms with Gasteiger partial charge in [0.15, 0.2) is 11.2 Å². The molecule has 2 aliphatic rings. The Bertz CT molecular complexity index is 1040. The quantitative estimate of drug-likeness (QED) is 0.332. The van der Waals surface area contributed by atoms with Crippen LogP contribution in [-0.4, -0.2) is 31.9 Å². The smallest absolute Gasteiger partial charge is 0.324 e. The molecule has 0 N–H and O–H groups in total. The third-order valence-corrected chi connectivity index (χ3v) is 7.18. The SMILES string of the molecule is C=C1CC(C(=O)OC)(C(=O)OC)[C@@H](c2ccccc2)C12C=C(C(C)(C)C)C(=O)C(C(C)(C)C)=C2. The molecule has 5 heteroatoms. The van der Waals surface area contributed by atoms with Crippen LogP contribution < -0.4 is 0 Å². The van der Waals surface area contributed by atoms with Crippen LogP contribution in [0, 0.1) is 21.7 Å². The van der Waals surface area contributed by atoms with Crippen LogP contribution in [0.5, 0.6) is 0 Å². The van der Waals surface area contributed by atoms with Crippen LogP contribution >= 0.6 is 0 Å². The maximum Gasteiger partial charge on any atom is 0.324 e. The van der Waals surface area contributed by atoms with Crippen molar-refractivity contribution in [2.45, 2.75) is 53.9 Å². The van der Waals surface area contributed by atoms with Gasteiger partial charge in [-0.05, 0) is 22.8 Å². The van der Waals surface area contributed by atoms with Crippen molar-refractivity contribution in [1.29, 1.82) is 0 Å². The van der Waals surface area contributed by atoms with Gasteiger partial charge in [0.25, 0.3) is 0 Å². The molecule has 1 atom stereocenters. The molecule has 0 unspecified atom stereocenters. The summed E-state index contributed by atoms with van der Waals surface area (Å²) in [4.78, 5) is 40.6. The summed E-state index contributed by atoms with van der Waals surface area (Å²) < 4.78 is 10.4. The predicted octanol–water partition coefficient (Wildman–Crippen LogP) is 5.58. The number of benzene rings is 1. The largest absolute Gasteiger partial charge is 0.468 e. The molecule has 0 radical (unpaired) electrons. The number of carbonyl (C=O) groups is 3. The number of ether oxygens (including phenoxy) is 2. The minimum Gasteiger partial charge on any atom is -0.468 e. The Labute approximate surface area is 202 Å². The molecule has 182 valence electrons. The number of esters is 2. The maximum absolute atomic E-state index is 13.7. The summed E-state index contributed by atoms with van der Waals surface area (Å²) in [6.45, 7) is 16.4. The van der Waals surface area contributed by atoms with E-state index in [1.165, 1.54) is 14.2 Å². The average molecular weight is 465 g/mol. The molecular formula is C29H36O5. The van der Waals surface area contributed by atoms with E-state index in [4.69, 9.17) is 9.47 Å². The molecule has 1 aromatic carbocycles. The summed E-state index contributed by atoms with van der Waals surface area (Å²) in [7, 11) is 2.56. The molecule has 5 nitrogen and oxygen atoms in total. The molecule has 0 heterocycles. The maximum atomic E-state index is 13.7. The standard InChI is InChI=1S/C29H36O5/c1-18-15-29(24(31)33-8,25(32)34-9)23(19-13-11-10-12-14-19)28(18)16-20(26(2,3)4)22(30)21(17-28)27(5,6)7/h10-14,16-17,23H,1,15H2,2-9H3/t23-/m0/s1. The molecule has 1 fully saturated rings. The molecule has 0 amide bonds. The van der Waals surface area contributed by atoms with Crippen molar-refractivity contribution in [3.63, 3.8) is 0 Å². The number of rotatable bonds is 3. The first kappa shape index (κ1) is 25.7. The van der Waals surface area contributed by atoms with Crippen LogP contribution in [0.2, 0.25) is 0 Å². The summed E-state index contributed by atoms with van der Waals surface area (Å²) in [6, 6.07) is 9.43. The first-order valence-corrected chi connectivity index (χ1v) is 11.6. The van der Waals surface area contributed by atoms with Crippen LogP contribution in [0.4, 0.5) is 0 Å². The van der Waals surface area contributed by atoms with Gasteiger partial charge in [0.1, 0.15) is 0 Å². The summed E-state index contributed by atoms with van der Waals surface area (Å²) in [5, 5.41) is 0. The molecule has 0 aliphatic heterocycles. The fraction of sp³-hybridized carbons (Fsp3) is 0.483. The van der Waals surface area contributed by atoms with Crippen molar-refractivity contribution < 1.29 is 23.9 Å². The van der Waals surface area contributed by atoms with Crippen LogP contribution in [-0.2, 0) is 23.9 Å². The van der Waals surface area contributed by atoms with E-state index >= 15 is 0 Å². The number of hydrogen-bond acceptors (Lipinski definition) is 5. The van der Waals surface area contributed by atoms with Crippen LogP contribution in [0.15, 0.2) is 65.8 Å². The van der Waals surface area contributed by atoms with Gasteiger partial charge in [-0.3, -0.25) is 14.4 Å². The van der Waals surface area contributed by atoms with Gasteiger partial charge in [0, 0.05) is 22.5 Å². The van der Waals surface area contributed by atoms with Gasteiger partial charge in [-0.25, -0.2) is 0 Å². The lowest BCUT2D eigenvalue weighted by atomic mass is 9.58. The van der Waals surface area contributed by atoms with Gasteiger partial charge in [0.2, 0.25) is 0 Å². The lowest BCUT2D eigenvalue weighted by Crippen LogP contribution is -2.46. The van der Waals surface area contributed by atoms with E-state index in [-0.39, 0.29) is 12.2 Å². The van der Waals surface area contributed by atoms with Crippen molar-refractivity contribution in [2.75, 3.05) is 14.2 Å². The topological polar surface area (TPSA) is 69.7 Å². The van der Waals surface area contributed by atoms with Gasteiger partial charge in [-0.1, -0.05) is 96.2 Å². The minimum absolute atomic E-state index is 0.0149. The fourth-order valence-corrected chi connectivity index (χ4v) is 5.52. The van der Waals surface area contributed by atoms with E-state index in [1.54, 1.807) is 0 Å². The van der Waals surface area contributed by atoms with Gasteiger partial charge in [-0.2, -0.15) is 0 Å². The molecule has 1 spiro atoms. The van der Waals surface area contributed by atoms with Crippen molar-refractivity contribution >= 4 is 17.7 Å². The van der Waals surface area contributed by atoms with E-state index in [0.717, 1.165) is 5.56 Å². The molecule has 1 aromatic rings. The van der Waals surface area contributed by atoms with Gasteiger partial charge >= 0.3 is 11.9 Å². The Kier molecular flexibility index (Phi) is 6.32. The highest BCUT2D eigenvalue weighted by Crippen LogP contribution is 2.66. The van der Waals surface area contributed by atoms with E-state index < -0.39 is 39.5 Å². The first-order chi connectivity index (χ1) is 15.7. The van der Waals surface area contributed by atoms with Crippen molar-refractivity contribution in [3.05, 3.63) is 71.3 Å². The molecule has 34 heavy (non-hydrogen) atoms. The minimum atomic E-state index is -1.64.